The maximum atomic E-state index is 13.1. The van der Waals surface area contributed by atoms with Crippen LogP contribution in [-0.4, -0.2) is 29.5 Å². The van der Waals surface area contributed by atoms with Crippen LogP contribution >= 0.6 is 0 Å². The van der Waals surface area contributed by atoms with Crippen LogP contribution < -0.4 is 10.5 Å². The maximum absolute atomic E-state index is 13.1. The molecule has 0 unspecified atom stereocenters. The highest BCUT2D eigenvalue weighted by molar-refractivity contribution is 7.91. The summed E-state index contributed by atoms with van der Waals surface area (Å²) in [7, 11) is -3.75. The van der Waals surface area contributed by atoms with E-state index in [1.54, 1.807) is 44.2 Å². The van der Waals surface area contributed by atoms with E-state index in [0.717, 1.165) is 11.1 Å². The molecule has 0 saturated carbocycles. The molecule has 0 fully saturated rings. The lowest BCUT2D eigenvalue weighted by molar-refractivity contribution is -0.138. The number of nitrogens with two attached hydrogens (primary N) is 1. The number of carboxylic acid groups (broad SMARTS) is 1. The molecular weight excluding hydrogens is 430 g/mol. The lowest BCUT2D eigenvalue weighted by atomic mass is 10.0. The average molecular weight is 452 g/mol. The van der Waals surface area contributed by atoms with Crippen molar-refractivity contribution < 1.29 is 23.1 Å². The summed E-state index contributed by atoms with van der Waals surface area (Å²) in [5.41, 5.74) is 8.30. The summed E-state index contributed by atoms with van der Waals surface area (Å²) in [5, 5.41) is 9.66. The van der Waals surface area contributed by atoms with Crippen molar-refractivity contribution in [2.45, 2.75) is 29.7 Å². The molecule has 0 amide bonds. The molecule has 0 radical (unpaired) electrons. The molecule has 0 saturated heterocycles. The van der Waals surface area contributed by atoms with Gasteiger partial charge in [0, 0.05) is 29.5 Å². The number of carboxylic acids is 1. The molecule has 4 N–H and O–H groups in total. The highest BCUT2D eigenvalue weighted by atomic mass is 32.2. The quantitative estimate of drug-likeness (QED) is 0.405. The number of aromatic nitrogens is 2. The van der Waals surface area contributed by atoms with Crippen LogP contribution in [0.2, 0.25) is 0 Å². The third-order valence-electron chi connectivity index (χ3n) is 5.19. The fraction of sp³-hybridized carbons (Fsp3) is 0.130. The van der Waals surface area contributed by atoms with Crippen molar-refractivity contribution >= 4 is 26.7 Å². The standard InChI is InChI=1S/C23H21N3O5S/c1-13-9-15(21(24)23(27)28)10-14(2)22(13)31-16-3-4-19-18(11-16)20(12-26-19)32(29,30)17-5-7-25-8-6-17/h3-12,21,26H,24H2,1-2H3,(H,27,28)/t21-/m1/s1. The van der Waals surface area contributed by atoms with Crippen LogP contribution in [0.4, 0.5) is 0 Å². The highest BCUT2D eigenvalue weighted by Gasteiger charge is 2.22. The smallest absolute Gasteiger partial charge is 0.325 e. The Morgan fingerprint density at radius 2 is 1.75 bits per heavy atom. The summed E-state index contributed by atoms with van der Waals surface area (Å²) < 4.78 is 32.3. The number of nitrogens with one attached hydrogen (secondary N) is 1. The Morgan fingerprint density at radius 1 is 1.09 bits per heavy atom. The van der Waals surface area contributed by atoms with E-state index >= 15 is 0 Å². The van der Waals surface area contributed by atoms with Crippen molar-refractivity contribution in [3.8, 4) is 11.5 Å². The van der Waals surface area contributed by atoms with Crippen LogP contribution in [-0.2, 0) is 14.6 Å². The number of hydrogen-bond donors (Lipinski definition) is 3. The normalized spacial score (nSPS) is 12.6. The number of sulfone groups is 1. The van der Waals surface area contributed by atoms with Gasteiger partial charge in [0.15, 0.2) is 0 Å². The second-order valence-electron chi connectivity index (χ2n) is 7.45. The van der Waals surface area contributed by atoms with Gasteiger partial charge in [0.05, 0.1) is 9.79 Å². The monoisotopic (exact) mass is 451 g/mol. The van der Waals surface area contributed by atoms with Crippen LogP contribution in [0.15, 0.2) is 70.8 Å². The largest absolute Gasteiger partial charge is 0.480 e. The van der Waals surface area contributed by atoms with Gasteiger partial charge in [0.1, 0.15) is 17.5 Å². The molecule has 2 aromatic carbocycles. The molecule has 0 aliphatic carbocycles. The van der Waals surface area contributed by atoms with Crippen molar-refractivity contribution in [2.24, 2.45) is 5.73 Å². The molecule has 4 rings (SSSR count). The van der Waals surface area contributed by atoms with Gasteiger partial charge >= 0.3 is 5.97 Å². The molecule has 32 heavy (non-hydrogen) atoms. The number of carbonyl (C=O) groups is 1. The summed E-state index contributed by atoms with van der Waals surface area (Å²) in [5.74, 6) is -0.108. The predicted octanol–water partition coefficient (Wildman–Crippen LogP) is 3.89. The average Bonchev–Trinajstić information content (AvgIpc) is 3.20. The minimum absolute atomic E-state index is 0.139. The summed E-state index contributed by atoms with van der Waals surface area (Å²) in [6, 6.07) is 10.3. The number of fused-ring (bicyclic) bond motifs is 1. The van der Waals surface area contributed by atoms with Gasteiger partial charge in [-0.1, -0.05) is 12.1 Å². The number of pyridine rings is 1. The second-order valence-corrected chi connectivity index (χ2v) is 9.37. The second kappa shape index (κ2) is 8.10. The van der Waals surface area contributed by atoms with Crippen LogP contribution in [0, 0.1) is 13.8 Å². The predicted molar refractivity (Wildman–Crippen MR) is 119 cm³/mol. The van der Waals surface area contributed by atoms with Crippen molar-refractivity contribution in [1.82, 2.24) is 9.97 Å². The Kier molecular flexibility index (Phi) is 5.45. The van der Waals surface area contributed by atoms with Crippen molar-refractivity contribution in [3.63, 3.8) is 0 Å². The first-order valence-electron chi connectivity index (χ1n) is 9.72. The lowest BCUT2D eigenvalue weighted by Gasteiger charge is -2.16. The molecule has 9 heteroatoms. The number of nitrogens with zero attached hydrogens (tertiary/aromatic N) is 1. The maximum Gasteiger partial charge on any atom is 0.325 e. The molecule has 0 spiro atoms. The van der Waals surface area contributed by atoms with E-state index < -0.39 is 21.8 Å². The first-order chi connectivity index (χ1) is 15.2. The number of hydrogen-bond acceptors (Lipinski definition) is 6. The third-order valence-corrected chi connectivity index (χ3v) is 7.00. The Bertz CT molecular complexity index is 1410. The summed E-state index contributed by atoms with van der Waals surface area (Å²) in [6.07, 6.45) is 4.33. The molecule has 0 bridgehead atoms. The van der Waals surface area contributed by atoms with Gasteiger partial charge < -0.3 is 20.6 Å². The Labute approximate surface area is 184 Å². The number of benzene rings is 2. The third kappa shape index (κ3) is 3.83. The minimum atomic E-state index is -3.75. The molecule has 1 atom stereocenters. The lowest BCUT2D eigenvalue weighted by Crippen LogP contribution is -2.20. The van der Waals surface area contributed by atoms with Crippen molar-refractivity contribution in [1.29, 1.82) is 0 Å². The van der Waals surface area contributed by atoms with E-state index in [2.05, 4.69) is 9.97 Å². The van der Waals surface area contributed by atoms with Crippen LogP contribution in [0.5, 0.6) is 11.5 Å². The van der Waals surface area contributed by atoms with E-state index in [4.69, 9.17) is 15.6 Å². The van der Waals surface area contributed by atoms with E-state index in [9.17, 15) is 13.2 Å². The Morgan fingerprint density at radius 3 is 2.38 bits per heavy atom. The van der Waals surface area contributed by atoms with Gasteiger partial charge in [0.25, 0.3) is 0 Å². The zero-order valence-corrected chi connectivity index (χ0v) is 18.2. The molecule has 2 heterocycles. The first kappa shape index (κ1) is 21.5. The van der Waals surface area contributed by atoms with Gasteiger partial charge in [-0.15, -0.1) is 0 Å². The Balaban J connectivity index is 1.73. The number of H-pyrrole nitrogens is 1. The van der Waals surface area contributed by atoms with Crippen LogP contribution in [0.1, 0.15) is 22.7 Å². The number of aryl methyl sites for hydroxylation is 2. The van der Waals surface area contributed by atoms with E-state index in [1.807, 2.05) is 0 Å². The molecule has 4 aromatic rings. The van der Waals surface area contributed by atoms with E-state index in [0.29, 0.717) is 28.0 Å². The van der Waals surface area contributed by atoms with Gasteiger partial charge in [-0.05, 0) is 60.9 Å². The molecule has 0 aliphatic heterocycles. The van der Waals surface area contributed by atoms with Crippen LogP contribution in [0.3, 0.4) is 0 Å². The summed E-state index contributed by atoms with van der Waals surface area (Å²) in [4.78, 5) is 18.4. The SMILES string of the molecule is Cc1cc([C@@H](N)C(=O)O)cc(C)c1Oc1ccc2[nH]cc(S(=O)(=O)c3ccncc3)c2c1. The summed E-state index contributed by atoms with van der Waals surface area (Å²) in [6.45, 7) is 3.60. The number of rotatable bonds is 6. The van der Waals surface area contributed by atoms with Gasteiger partial charge in [-0.2, -0.15) is 0 Å². The van der Waals surface area contributed by atoms with E-state index in [-0.39, 0.29) is 9.79 Å². The molecule has 164 valence electrons. The van der Waals surface area contributed by atoms with Gasteiger partial charge in [-0.25, -0.2) is 8.42 Å². The Hall–Kier alpha value is -3.69. The summed E-state index contributed by atoms with van der Waals surface area (Å²) >= 11 is 0. The topological polar surface area (TPSA) is 135 Å². The fourth-order valence-electron chi connectivity index (χ4n) is 3.59. The minimum Gasteiger partial charge on any atom is -0.480 e. The molecular formula is C23H21N3O5S. The molecule has 8 nitrogen and oxygen atoms in total. The van der Waals surface area contributed by atoms with Gasteiger partial charge in [0.2, 0.25) is 9.84 Å². The first-order valence-corrected chi connectivity index (χ1v) is 11.2. The number of aromatic amines is 1. The fourth-order valence-corrected chi connectivity index (χ4v) is 5.00. The van der Waals surface area contributed by atoms with Gasteiger partial charge in [-0.3, -0.25) is 9.78 Å². The van der Waals surface area contributed by atoms with E-state index in [1.165, 1.54) is 30.7 Å². The molecule has 0 aliphatic rings. The van der Waals surface area contributed by atoms with Crippen LogP contribution in [0.25, 0.3) is 10.9 Å². The molecule has 2 aromatic heterocycles. The number of aliphatic carboxylic acids is 1. The zero-order chi connectivity index (χ0) is 23.0. The number of ether oxygens (including phenoxy) is 1. The van der Waals surface area contributed by atoms with Crippen molar-refractivity contribution in [2.75, 3.05) is 0 Å². The van der Waals surface area contributed by atoms with Crippen molar-refractivity contribution in [3.05, 3.63) is 77.7 Å². The zero-order valence-electron chi connectivity index (χ0n) is 17.4. The highest BCUT2D eigenvalue weighted by Crippen LogP contribution is 2.35.